The van der Waals surface area contributed by atoms with Crippen molar-refractivity contribution < 1.29 is 44.3 Å². The summed E-state index contributed by atoms with van der Waals surface area (Å²) in [6.45, 7) is 3.97. The van der Waals surface area contributed by atoms with Crippen molar-refractivity contribution in [3.63, 3.8) is 0 Å². The molecule has 7 unspecified atom stereocenters. The zero-order valence-corrected chi connectivity index (χ0v) is 19.0. The largest absolute Gasteiger partial charge is 0.508 e. The van der Waals surface area contributed by atoms with Gasteiger partial charge in [0.2, 0.25) is 0 Å². The molecule has 0 spiro atoms. The van der Waals surface area contributed by atoms with E-state index in [-0.39, 0.29) is 35.3 Å². The highest BCUT2D eigenvalue weighted by atomic mass is 32.2. The molecule has 0 radical (unpaired) electrons. The van der Waals surface area contributed by atoms with E-state index in [2.05, 4.69) is 6.92 Å². The van der Waals surface area contributed by atoms with Crippen molar-refractivity contribution in [2.45, 2.75) is 76.6 Å². The smallest absolute Gasteiger partial charge is 0.455 e. The number of hydrogen-bond acceptors (Lipinski definition) is 4. The molecular formula is C22H26F6O4S. The molecule has 4 aliphatic carbocycles. The van der Waals surface area contributed by atoms with Crippen LogP contribution in [-0.2, 0) is 24.8 Å². The van der Waals surface area contributed by atoms with Gasteiger partial charge in [0.05, 0.1) is 0 Å². The highest BCUT2D eigenvalue weighted by Crippen LogP contribution is 2.65. The number of carbonyl (C=O) groups is 1. The van der Waals surface area contributed by atoms with Crippen LogP contribution in [-0.4, -0.2) is 28.0 Å². The molecule has 186 valence electrons. The number of allylic oxidation sites excluding steroid dienone is 3. The molecule has 0 aromatic rings. The molecule has 0 aromatic heterocycles. The Kier molecular flexibility index (Phi) is 5.98. The first kappa shape index (κ1) is 24.6. The third-order valence-corrected chi connectivity index (χ3v) is 9.14. The maximum atomic E-state index is 12.8. The van der Waals surface area contributed by atoms with Gasteiger partial charge in [-0.15, -0.1) is 0 Å². The van der Waals surface area contributed by atoms with Crippen LogP contribution in [0.25, 0.3) is 0 Å². The maximum absolute atomic E-state index is 12.8. The van der Waals surface area contributed by atoms with Crippen LogP contribution in [0.4, 0.5) is 26.3 Å². The fourth-order valence-corrected chi connectivity index (χ4v) is 7.25. The fraction of sp³-hybridized carbons (Fsp3) is 0.773. The molecule has 0 amide bonds. The summed E-state index contributed by atoms with van der Waals surface area (Å²) in [6.07, 6.45) is 1.48. The van der Waals surface area contributed by atoms with Crippen molar-refractivity contribution in [3.05, 3.63) is 23.5 Å². The Balaban J connectivity index is 1.49. The molecule has 0 aliphatic heterocycles. The number of hydrogen-bond donors (Lipinski definition) is 0. The molecule has 0 bridgehead atoms. The van der Waals surface area contributed by atoms with Gasteiger partial charge in [-0.05, 0) is 67.8 Å². The molecule has 2 saturated carbocycles. The molecule has 4 aliphatic rings. The topological polar surface area (TPSA) is 52.6 Å². The minimum Gasteiger partial charge on any atom is -0.455 e. The Bertz CT molecular complexity index is 910. The monoisotopic (exact) mass is 500 g/mol. The second-order valence-corrected chi connectivity index (χ2v) is 11.2. The maximum Gasteiger partial charge on any atom is 0.508 e. The molecule has 0 N–H and O–H groups in total. The zero-order chi connectivity index (χ0) is 24.4. The van der Waals surface area contributed by atoms with Gasteiger partial charge in [0, 0.05) is 11.8 Å². The second-order valence-electron chi connectivity index (χ2n) is 10.1. The lowest BCUT2D eigenvalue weighted by Crippen LogP contribution is -2.50. The van der Waals surface area contributed by atoms with Crippen LogP contribution in [0.15, 0.2) is 23.5 Å². The van der Waals surface area contributed by atoms with E-state index in [0.717, 1.165) is 12.0 Å². The predicted molar refractivity (Wildman–Crippen MR) is 106 cm³/mol. The van der Waals surface area contributed by atoms with Gasteiger partial charge in [0.15, 0.2) is 0 Å². The number of carbonyl (C=O) groups excluding carboxylic acids is 1. The summed E-state index contributed by atoms with van der Waals surface area (Å²) in [7, 11) is 0. The van der Waals surface area contributed by atoms with Gasteiger partial charge in [0.25, 0.3) is 0 Å². The van der Waals surface area contributed by atoms with Crippen LogP contribution in [0, 0.1) is 28.6 Å². The molecule has 0 aromatic carbocycles. The van der Waals surface area contributed by atoms with E-state index in [1.165, 1.54) is 0 Å². The Hall–Kier alpha value is -1.52. The van der Waals surface area contributed by atoms with Crippen LogP contribution >= 0.6 is 0 Å². The first-order valence-electron chi connectivity index (χ1n) is 11.0. The quantitative estimate of drug-likeness (QED) is 0.266. The number of fused-ring (bicyclic) bond motifs is 5. The molecule has 7 atom stereocenters. The van der Waals surface area contributed by atoms with Gasteiger partial charge in [-0.3, -0.25) is 0 Å². The third-order valence-electron chi connectivity index (χ3n) is 8.43. The Morgan fingerprint density at radius 1 is 1.00 bits per heavy atom. The van der Waals surface area contributed by atoms with Crippen molar-refractivity contribution in [2.24, 2.45) is 28.6 Å². The fourth-order valence-electron chi connectivity index (χ4n) is 6.73. The lowest BCUT2D eigenvalue weighted by Gasteiger charge is -2.57. The van der Waals surface area contributed by atoms with E-state index in [0.29, 0.717) is 32.1 Å². The Morgan fingerprint density at radius 2 is 1.67 bits per heavy atom. The van der Waals surface area contributed by atoms with E-state index in [1.807, 2.05) is 13.0 Å². The average Bonchev–Trinajstić information content (AvgIpc) is 3.03. The van der Waals surface area contributed by atoms with Crippen molar-refractivity contribution in [1.82, 2.24) is 0 Å². The second kappa shape index (κ2) is 8.02. The predicted octanol–water partition coefficient (Wildman–Crippen LogP) is 6.12. The number of ether oxygens (including phenoxy) is 1. The summed E-state index contributed by atoms with van der Waals surface area (Å²) < 4.78 is 97.2. The van der Waals surface area contributed by atoms with Crippen LogP contribution in [0.5, 0.6) is 0 Å². The number of halogens is 6. The highest BCUT2D eigenvalue weighted by molar-refractivity contribution is 7.81. The van der Waals surface area contributed by atoms with E-state index >= 15 is 0 Å². The SMILES string of the molecule is CC12CCC(OC(=O)C(F)(F)F)CC1=CCC1C2CCC2(C)C(OS(=O)C(F)(F)F)=CCC12. The van der Waals surface area contributed by atoms with Crippen LogP contribution in [0.1, 0.15) is 58.8 Å². The molecule has 4 nitrogen and oxygen atoms in total. The molecule has 0 heterocycles. The zero-order valence-electron chi connectivity index (χ0n) is 18.2. The molecule has 33 heavy (non-hydrogen) atoms. The minimum absolute atomic E-state index is 0.0342. The molecule has 2 fully saturated rings. The van der Waals surface area contributed by atoms with Crippen molar-refractivity contribution >= 4 is 17.0 Å². The molecule has 0 saturated heterocycles. The molecular weight excluding hydrogens is 474 g/mol. The van der Waals surface area contributed by atoms with Gasteiger partial charge >= 0.3 is 28.7 Å². The van der Waals surface area contributed by atoms with Gasteiger partial charge in [-0.25, -0.2) is 9.00 Å². The minimum atomic E-state index is -5.02. The van der Waals surface area contributed by atoms with Crippen molar-refractivity contribution in [3.8, 4) is 0 Å². The summed E-state index contributed by atoms with van der Waals surface area (Å²) in [6, 6.07) is 0. The summed E-state index contributed by atoms with van der Waals surface area (Å²) in [5.74, 6) is -1.60. The first-order valence-corrected chi connectivity index (χ1v) is 12.1. The average molecular weight is 501 g/mol. The lowest BCUT2D eigenvalue weighted by atomic mass is 9.48. The summed E-state index contributed by atoms with van der Waals surface area (Å²) >= 11 is -3.41. The third kappa shape index (κ3) is 4.23. The van der Waals surface area contributed by atoms with Gasteiger partial charge in [-0.2, -0.15) is 26.3 Å². The van der Waals surface area contributed by atoms with Gasteiger partial charge in [-0.1, -0.05) is 25.5 Å². The van der Waals surface area contributed by atoms with Crippen LogP contribution < -0.4 is 0 Å². The van der Waals surface area contributed by atoms with Crippen LogP contribution in [0.3, 0.4) is 0 Å². The van der Waals surface area contributed by atoms with E-state index in [4.69, 9.17) is 8.92 Å². The van der Waals surface area contributed by atoms with Gasteiger partial charge < -0.3 is 8.92 Å². The summed E-state index contributed by atoms with van der Waals surface area (Å²) in [5, 5.41) is 0. The normalized spacial score (nSPS) is 39.4. The molecule has 11 heteroatoms. The summed E-state index contributed by atoms with van der Waals surface area (Å²) in [5.41, 5.74) is -4.84. The Morgan fingerprint density at radius 3 is 2.30 bits per heavy atom. The Labute approximate surface area is 190 Å². The van der Waals surface area contributed by atoms with E-state index < -0.39 is 40.3 Å². The van der Waals surface area contributed by atoms with E-state index in [9.17, 15) is 35.3 Å². The number of esters is 1. The lowest BCUT2D eigenvalue weighted by molar-refractivity contribution is -0.206. The van der Waals surface area contributed by atoms with Gasteiger partial charge in [0.1, 0.15) is 11.9 Å². The van der Waals surface area contributed by atoms with Crippen molar-refractivity contribution in [2.75, 3.05) is 0 Å². The van der Waals surface area contributed by atoms with E-state index in [1.54, 1.807) is 6.08 Å². The number of alkyl halides is 6. The number of rotatable bonds is 3. The standard InChI is InChI=1S/C22H26F6O4S/c1-19-9-7-13(31-18(29)21(23,24)25)11-12(19)3-4-14-15-5-6-17(32-33(30)22(26,27)28)20(15,2)10-8-16(14)19/h3,6,13-16H,4-5,7-11H2,1-2H3. The summed E-state index contributed by atoms with van der Waals surface area (Å²) in [4.78, 5) is 11.3. The first-order chi connectivity index (χ1) is 15.2. The highest BCUT2D eigenvalue weighted by Gasteiger charge is 2.58. The molecule has 4 rings (SSSR count). The van der Waals surface area contributed by atoms with Crippen molar-refractivity contribution in [1.29, 1.82) is 0 Å². The van der Waals surface area contributed by atoms with Crippen LogP contribution in [0.2, 0.25) is 0 Å².